The van der Waals surface area contributed by atoms with E-state index in [4.69, 9.17) is 4.74 Å². The number of hydrogen-bond donors (Lipinski definition) is 1. The van der Waals surface area contributed by atoms with Gasteiger partial charge in [0.2, 0.25) is 0 Å². The van der Waals surface area contributed by atoms with Gasteiger partial charge in [-0.05, 0) is 56.2 Å². The van der Waals surface area contributed by atoms with Gasteiger partial charge in [-0.15, -0.1) is 0 Å². The molecule has 1 atom stereocenters. The number of hydrogen-bond acceptors (Lipinski definition) is 4. The Hall–Kier alpha value is -2.42. The molecule has 132 valence electrons. The largest absolute Gasteiger partial charge is 0.455 e. The van der Waals surface area contributed by atoms with Crippen molar-refractivity contribution >= 4 is 11.9 Å². The third-order valence-corrected chi connectivity index (χ3v) is 5.33. The van der Waals surface area contributed by atoms with Crippen LogP contribution in [0.3, 0.4) is 0 Å². The number of carbonyl (C=O) groups is 2. The molecule has 0 radical (unpaired) electrons. The van der Waals surface area contributed by atoms with E-state index in [1.807, 2.05) is 0 Å². The van der Waals surface area contributed by atoms with Crippen LogP contribution in [-0.2, 0) is 19.7 Å². The first-order valence-electron chi connectivity index (χ1n) is 8.55. The van der Waals surface area contributed by atoms with Gasteiger partial charge in [-0.2, -0.15) is 5.26 Å². The van der Waals surface area contributed by atoms with Crippen molar-refractivity contribution in [1.82, 2.24) is 5.32 Å². The van der Waals surface area contributed by atoms with Gasteiger partial charge in [0.05, 0.1) is 11.5 Å². The molecule has 0 aliphatic heterocycles. The lowest BCUT2D eigenvalue weighted by atomic mass is 9.64. The van der Waals surface area contributed by atoms with Gasteiger partial charge in [0.15, 0.2) is 6.61 Å². The second kappa shape index (κ2) is 6.47. The maximum absolute atomic E-state index is 13.5. The summed E-state index contributed by atoms with van der Waals surface area (Å²) >= 11 is 0. The summed E-state index contributed by atoms with van der Waals surface area (Å²) in [5.41, 5.74) is -1.19. The molecule has 1 amide bonds. The summed E-state index contributed by atoms with van der Waals surface area (Å²) in [5, 5.41) is 11.9. The van der Waals surface area contributed by atoms with Crippen LogP contribution >= 0.6 is 0 Å². The first-order valence-corrected chi connectivity index (χ1v) is 8.55. The maximum atomic E-state index is 13.5. The van der Waals surface area contributed by atoms with Gasteiger partial charge in [0, 0.05) is 0 Å². The van der Waals surface area contributed by atoms with Crippen LogP contribution in [0.1, 0.15) is 44.6 Å². The first-order chi connectivity index (χ1) is 11.9. The van der Waals surface area contributed by atoms with Crippen molar-refractivity contribution in [2.45, 2.75) is 50.0 Å². The Morgan fingerprint density at radius 3 is 2.68 bits per heavy atom. The minimum atomic E-state index is -0.916. The van der Waals surface area contributed by atoms with Gasteiger partial charge in [-0.3, -0.25) is 9.59 Å². The lowest BCUT2D eigenvalue weighted by molar-refractivity contribution is -0.158. The van der Waals surface area contributed by atoms with Crippen molar-refractivity contribution in [2.75, 3.05) is 6.61 Å². The molecule has 5 nitrogen and oxygen atoms in total. The fraction of sp³-hybridized carbons (Fsp3) is 0.526. The van der Waals surface area contributed by atoms with Gasteiger partial charge < -0.3 is 10.1 Å². The van der Waals surface area contributed by atoms with E-state index in [1.165, 1.54) is 12.1 Å². The summed E-state index contributed by atoms with van der Waals surface area (Å²) in [4.78, 5) is 24.6. The fourth-order valence-corrected chi connectivity index (χ4v) is 3.40. The van der Waals surface area contributed by atoms with E-state index in [0.29, 0.717) is 18.4 Å². The molecule has 2 aliphatic carbocycles. The fourth-order valence-electron chi connectivity index (χ4n) is 3.40. The topological polar surface area (TPSA) is 79.2 Å². The van der Waals surface area contributed by atoms with Gasteiger partial charge in [-0.25, -0.2) is 4.39 Å². The lowest BCUT2D eigenvalue weighted by Crippen LogP contribution is -2.49. The molecule has 1 unspecified atom stereocenters. The third-order valence-electron chi connectivity index (χ3n) is 5.33. The molecular weight excluding hydrogens is 323 g/mol. The summed E-state index contributed by atoms with van der Waals surface area (Å²) in [6, 6.07) is 8.09. The molecule has 2 aliphatic rings. The zero-order chi connectivity index (χ0) is 18.1. The highest BCUT2D eigenvalue weighted by atomic mass is 19.1. The van der Waals surface area contributed by atoms with Gasteiger partial charge in [-0.1, -0.05) is 18.6 Å². The monoisotopic (exact) mass is 344 g/mol. The quantitative estimate of drug-likeness (QED) is 0.805. The van der Waals surface area contributed by atoms with Crippen LogP contribution < -0.4 is 5.32 Å². The molecule has 6 heteroatoms. The Kier molecular flexibility index (Phi) is 4.51. The molecule has 1 N–H and O–H groups in total. The second-order valence-corrected chi connectivity index (χ2v) is 7.16. The number of amides is 1. The molecule has 0 spiro atoms. The molecule has 1 aromatic rings. The highest BCUT2D eigenvalue weighted by Gasteiger charge is 2.48. The minimum Gasteiger partial charge on any atom is -0.455 e. The number of halogens is 1. The summed E-state index contributed by atoms with van der Waals surface area (Å²) in [7, 11) is 0. The van der Waals surface area contributed by atoms with Crippen molar-refractivity contribution in [2.24, 2.45) is 5.92 Å². The lowest BCUT2D eigenvalue weighted by Gasteiger charge is -2.39. The minimum absolute atomic E-state index is 0.155. The molecule has 0 saturated heterocycles. The molecule has 0 bridgehead atoms. The van der Waals surface area contributed by atoms with Crippen LogP contribution in [0.5, 0.6) is 0 Å². The van der Waals surface area contributed by atoms with E-state index in [-0.39, 0.29) is 5.92 Å². The number of ether oxygens (including phenoxy) is 1. The Morgan fingerprint density at radius 2 is 2.16 bits per heavy atom. The van der Waals surface area contributed by atoms with Crippen LogP contribution in [0.2, 0.25) is 0 Å². The van der Waals surface area contributed by atoms with Crippen LogP contribution in [0, 0.1) is 23.1 Å². The summed E-state index contributed by atoms with van der Waals surface area (Å²) < 4.78 is 18.7. The van der Waals surface area contributed by atoms with Crippen LogP contribution in [0.15, 0.2) is 24.3 Å². The molecule has 3 rings (SSSR count). The molecule has 25 heavy (non-hydrogen) atoms. The summed E-state index contributed by atoms with van der Waals surface area (Å²) in [5.74, 6) is -1.24. The normalized spacial score (nSPS) is 20.5. The smallest absolute Gasteiger partial charge is 0.317 e. The van der Waals surface area contributed by atoms with Gasteiger partial charge in [0.25, 0.3) is 5.91 Å². The van der Waals surface area contributed by atoms with Crippen LogP contribution in [0.25, 0.3) is 0 Å². The Balaban J connectivity index is 1.61. The molecule has 1 aromatic carbocycles. The average molecular weight is 344 g/mol. The number of benzene rings is 1. The molecular formula is C19H21FN2O3. The summed E-state index contributed by atoms with van der Waals surface area (Å²) in [6.45, 7) is 1.25. The van der Waals surface area contributed by atoms with E-state index in [9.17, 15) is 19.2 Å². The van der Waals surface area contributed by atoms with E-state index < -0.39 is 35.3 Å². The van der Waals surface area contributed by atoms with E-state index >= 15 is 0 Å². The van der Waals surface area contributed by atoms with Gasteiger partial charge in [0.1, 0.15) is 11.4 Å². The number of esters is 1. The van der Waals surface area contributed by atoms with Crippen LogP contribution in [0.4, 0.5) is 4.39 Å². The molecule has 2 saturated carbocycles. The Labute approximate surface area is 146 Å². The molecule has 0 heterocycles. The van der Waals surface area contributed by atoms with Gasteiger partial charge >= 0.3 is 5.97 Å². The van der Waals surface area contributed by atoms with Crippen molar-refractivity contribution in [3.05, 3.63) is 35.6 Å². The van der Waals surface area contributed by atoms with E-state index in [1.54, 1.807) is 19.1 Å². The van der Waals surface area contributed by atoms with Crippen molar-refractivity contribution in [3.63, 3.8) is 0 Å². The Bertz CT molecular complexity index is 734. The average Bonchev–Trinajstić information content (AvgIpc) is 3.37. The SMILES string of the molecule is CC(C#N)(NC(=O)COC(=O)C1(c2cccc(F)c2)CCC1)C1CC1. The standard InChI is InChI=1S/C19H21FN2O3/c1-18(12-21,13-6-7-13)22-16(23)11-25-17(24)19(8-3-9-19)14-4-2-5-15(20)10-14/h2,4-5,10,13H,3,6-9,11H2,1H3,(H,22,23). The van der Waals surface area contributed by atoms with E-state index in [0.717, 1.165) is 19.3 Å². The maximum Gasteiger partial charge on any atom is 0.317 e. The Morgan fingerprint density at radius 1 is 1.44 bits per heavy atom. The molecule has 2 fully saturated rings. The van der Waals surface area contributed by atoms with E-state index in [2.05, 4.69) is 11.4 Å². The zero-order valence-electron chi connectivity index (χ0n) is 14.2. The second-order valence-electron chi connectivity index (χ2n) is 7.16. The van der Waals surface area contributed by atoms with Crippen molar-refractivity contribution in [1.29, 1.82) is 5.26 Å². The third kappa shape index (κ3) is 3.37. The summed E-state index contributed by atoms with van der Waals surface area (Å²) in [6.07, 6.45) is 3.83. The predicted octanol–water partition coefficient (Wildman–Crippen LogP) is 2.60. The van der Waals surface area contributed by atoms with Crippen molar-refractivity contribution < 1.29 is 18.7 Å². The first kappa shape index (κ1) is 17.4. The van der Waals surface area contributed by atoms with Crippen LogP contribution in [-0.4, -0.2) is 24.0 Å². The highest BCUT2D eigenvalue weighted by Crippen LogP contribution is 2.45. The number of nitriles is 1. The number of carbonyl (C=O) groups excluding carboxylic acids is 2. The number of nitrogens with zero attached hydrogens (tertiary/aromatic N) is 1. The van der Waals surface area contributed by atoms with Crippen molar-refractivity contribution in [3.8, 4) is 6.07 Å². The number of rotatable bonds is 6. The number of nitrogens with one attached hydrogen (secondary N) is 1. The highest BCUT2D eigenvalue weighted by molar-refractivity contribution is 5.87. The predicted molar refractivity (Wildman–Crippen MR) is 87.8 cm³/mol. The molecule has 0 aromatic heterocycles. The zero-order valence-corrected chi connectivity index (χ0v) is 14.2.